The number of halogens is 12. The Morgan fingerprint density at radius 2 is 0.831 bits per heavy atom. The lowest BCUT2D eigenvalue weighted by atomic mass is 10.0. The van der Waals surface area contributed by atoms with Crippen LogP contribution in [-0.4, -0.2) is 106 Å². The van der Waals surface area contributed by atoms with Crippen LogP contribution in [0.15, 0.2) is 268 Å². The molecule has 19 aromatic rings. The molecule has 11 heterocycles. The third-order valence-corrected chi connectivity index (χ3v) is 22.0. The van der Waals surface area contributed by atoms with E-state index >= 15 is 0 Å². The number of alkyl halides is 10. The minimum atomic E-state index is -4.69. The molecule has 0 spiro atoms. The first-order valence-corrected chi connectivity index (χ1v) is 44.3. The summed E-state index contributed by atoms with van der Waals surface area (Å²) in [7, 11) is 0. The highest BCUT2D eigenvalue weighted by molar-refractivity contribution is 5.81. The molecule has 1 aliphatic carbocycles. The van der Waals surface area contributed by atoms with Crippen LogP contribution in [0.1, 0.15) is 115 Å². The minimum absolute atomic E-state index is 0.0141. The van der Waals surface area contributed by atoms with Gasteiger partial charge in [-0.15, -0.1) is 0 Å². The van der Waals surface area contributed by atoms with Crippen LogP contribution in [0.25, 0.3) is 73.4 Å². The Balaban J connectivity index is 0.000000128. The predicted molar refractivity (Wildman–Crippen MR) is 514 cm³/mol. The highest BCUT2D eigenvalue weighted by Gasteiger charge is 2.39. The number of ether oxygens (including phenoxy) is 2. The van der Waals surface area contributed by atoms with Crippen LogP contribution in [0.2, 0.25) is 0 Å². The Labute approximate surface area is 802 Å². The van der Waals surface area contributed by atoms with Crippen LogP contribution in [0.5, 0.6) is 11.5 Å². The molecule has 0 saturated heterocycles. The van der Waals surface area contributed by atoms with Crippen LogP contribution in [0.3, 0.4) is 0 Å². The maximum atomic E-state index is 13.8. The topological polar surface area (TPSA) is 359 Å². The first-order chi connectivity index (χ1) is 68.3. The van der Waals surface area contributed by atoms with Gasteiger partial charge in [0, 0.05) is 77.4 Å². The van der Waals surface area contributed by atoms with Gasteiger partial charge in [-0.1, -0.05) is 56.3 Å². The number of benzene rings is 8. The molecule has 722 valence electrons. The van der Waals surface area contributed by atoms with E-state index in [1.807, 2.05) is 113 Å². The summed E-state index contributed by atoms with van der Waals surface area (Å²) in [5, 5.41) is 24.9. The van der Waals surface area contributed by atoms with Gasteiger partial charge < -0.3 is 47.5 Å². The molecule has 0 bridgehead atoms. The molecular formula is C101H87F12N27O2. The SMILES string of the molecule is CC(N)c1ccc(Nc2cc(C#N)cc(-c3c(C(F)(F)F)nc4ccccn34)n2)cc1.CCc1nc2ccc(F)cc2n1-c1cncc(Nc2ccc(C(F)(F)F)cc2)n1.CCc1nc2ccc(F)cc2n1-c1cncc(Nc2ccc(OC(F)F)cc2)n1.Cc1nc2c(n1-c1cncc(Nc3ccc(OC(F)F)cc3)n1)CCCC2.Cc1nc2ccccc2n1-c1cncc(Nc2ccc(C(C)N)cc2)n1. The van der Waals surface area contributed by atoms with Crippen molar-refractivity contribution in [1.29, 1.82) is 5.26 Å². The Kier molecular flexibility index (Phi) is 29.7. The van der Waals surface area contributed by atoms with Gasteiger partial charge in [0.2, 0.25) is 0 Å². The molecule has 0 radical (unpaired) electrons. The molecular weight excluding hydrogens is 1850 g/mol. The number of rotatable bonds is 23. The maximum Gasteiger partial charge on any atom is 0.435 e. The minimum Gasteiger partial charge on any atom is -0.435 e. The van der Waals surface area contributed by atoms with Crippen LogP contribution < -0.4 is 47.5 Å². The lowest BCUT2D eigenvalue weighted by Crippen LogP contribution is -2.10. The Morgan fingerprint density at radius 3 is 1.27 bits per heavy atom. The number of anilines is 10. The normalized spacial score (nSPS) is 12.2. The zero-order valence-electron chi connectivity index (χ0n) is 76.4. The van der Waals surface area contributed by atoms with Gasteiger partial charge in [0.1, 0.15) is 63.6 Å². The average molecular weight is 1940 g/mol. The molecule has 2 unspecified atom stereocenters. The number of aromatic nitrogens is 19. The number of imidazole rings is 5. The highest BCUT2D eigenvalue weighted by atomic mass is 19.4. The van der Waals surface area contributed by atoms with Gasteiger partial charge >= 0.3 is 25.6 Å². The molecule has 0 amide bonds. The summed E-state index contributed by atoms with van der Waals surface area (Å²) >= 11 is 0. The highest BCUT2D eigenvalue weighted by Crippen LogP contribution is 2.40. The van der Waals surface area contributed by atoms with E-state index in [-0.39, 0.29) is 57.8 Å². The molecule has 8 aromatic carbocycles. The fourth-order valence-electron chi connectivity index (χ4n) is 15.6. The zero-order chi connectivity index (χ0) is 100. The fraction of sp³-hybridized carbons (Fsp3) is 0.178. The van der Waals surface area contributed by atoms with Gasteiger partial charge in [-0.2, -0.15) is 49.2 Å². The molecule has 0 saturated carbocycles. The number of aryl methyl sites for hydroxylation is 5. The van der Waals surface area contributed by atoms with Gasteiger partial charge in [0.25, 0.3) is 0 Å². The van der Waals surface area contributed by atoms with Crippen molar-refractivity contribution < 1.29 is 62.2 Å². The first kappa shape index (κ1) is 97.8. The van der Waals surface area contributed by atoms with Crippen LogP contribution in [-0.2, 0) is 38.0 Å². The maximum absolute atomic E-state index is 13.8. The first-order valence-electron chi connectivity index (χ1n) is 44.3. The van der Waals surface area contributed by atoms with E-state index in [1.165, 1.54) is 120 Å². The predicted octanol–water partition coefficient (Wildman–Crippen LogP) is 23.3. The molecule has 0 aliphatic heterocycles. The van der Waals surface area contributed by atoms with E-state index in [9.17, 15) is 57.9 Å². The standard InChI is InChI=1S/C22H17F3N6.C20H15F4N5.C20H16F3N5O.C20H20N6.C19H19F2N5O/c1-13(27)15-5-7-16(8-6-15)28-18-11-14(12-26)10-17(29-18)20-21(22(23,24)25)30-19-4-2-3-9-31(19)20;1-2-18-27-15-8-5-13(21)9-16(15)29(18)19-11-25-10-17(28-19)26-14-6-3-12(4-7-14)20(22,23)24;1-2-18-26-15-8-3-12(21)9-16(15)28(18)19-11-24-10-17(27-19)25-13-4-6-14(7-5-13)29-20(22)23;1-13(21)15-7-9-16(10-8-15)24-19-11-22-12-20(25-19)26-14(2)23-17-5-3-4-6-18(17)26;1-12-23-15-4-2-3-5-16(15)26(12)18-11-22-10-17(25-18)24-13-6-8-14(9-7-13)27-19(20)21/h2-11,13H,27H2,1H3,(H,28,29);3-11H,2H2,1H3,(H,26,28);3-11,20H,2H2,1H3,(H,25,27);3-13H,21H2,1-2H3,(H,24,25);6-11,19H,2-5H2,1H3,(H,24,25). The summed E-state index contributed by atoms with van der Waals surface area (Å²) in [5.41, 5.74) is 22.2. The lowest BCUT2D eigenvalue weighted by molar-refractivity contribution is -0.140. The number of fused-ring (bicyclic) bond motifs is 5. The number of hydrogen-bond acceptors (Lipinski definition) is 24. The number of para-hydroxylation sites is 2. The Bertz CT molecular complexity index is 7680. The number of nitrogens with zero attached hydrogens (tertiary/aromatic N) is 20. The monoisotopic (exact) mass is 1940 g/mol. The second-order valence-electron chi connectivity index (χ2n) is 32.1. The average Bonchev–Trinajstić information content (AvgIpc) is 1.60. The molecule has 1 aliphatic rings. The van der Waals surface area contributed by atoms with Crippen LogP contribution in [0.4, 0.5) is 110 Å². The van der Waals surface area contributed by atoms with Gasteiger partial charge in [0.15, 0.2) is 52.2 Å². The molecule has 0 fully saturated rings. The number of nitriles is 1. The van der Waals surface area contributed by atoms with Crippen molar-refractivity contribution in [3.05, 3.63) is 342 Å². The van der Waals surface area contributed by atoms with Crippen molar-refractivity contribution in [2.24, 2.45) is 11.5 Å². The van der Waals surface area contributed by atoms with Crippen molar-refractivity contribution in [3.63, 3.8) is 0 Å². The van der Waals surface area contributed by atoms with Crippen molar-refractivity contribution in [2.45, 2.75) is 118 Å². The quantitative estimate of drug-likeness (QED) is 0.0292. The molecule has 2 atom stereocenters. The van der Waals surface area contributed by atoms with E-state index in [0.717, 1.165) is 88.2 Å². The second-order valence-corrected chi connectivity index (χ2v) is 32.1. The van der Waals surface area contributed by atoms with E-state index in [1.54, 1.807) is 101 Å². The summed E-state index contributed by atoms with van der Waals surface area (Å²) in [4.78, 5) is 61.7. The van der Waals surface area contributed by atoms with E-state index in [2.05, 4.69) is 105 Å². The summed E-state index contributed by atoms with van der Waals surface area (Å²) in [5.74, 6) is 7.20. The van der Waals surface area contributed by atoms with Gasteiger partial charge in [0.05, 0.1) is 111 Å². The summed E-state index contributed by atoms with van der Waals surface area (Å²) < 4.78 is 173. The van der Waals surface area contributed by atoms with Crippen molar-refractivity contribution in [3.8, 4) is 52.2 Å². The number of nitrogens with two attached hydrogens (primary N) is 2. The fourth-order valence-corrected chi connectivity index (χ4v) is 15.6. The van der Waals surface area contributed by atoms with Crippen LogP contribution >= 0.6 is 0 Å². The van der Waals surface area contributed by atoms with Gasteiger partial charge in [-0.25, -0.2) is 58.6 Å². The molecule has 9 N–H and O–H groups in total. The second kappa shape index (κ2) is 43.2. The summed E-state index contributed by atoms with van der Waals surface area (Å²) in [6.45, 7) is 5.93. The van der Waals surface area contributed by atoms with Crippen molar-refractivity contribution in [1.82, 2.24) is 92.4 Å². The van der Waals surface area contributed by atoms with Crippen molar-refractivity contribution in [2.75, 3.05) is 26.6 Å². The molecule has 11 aromatic heterocycles. The number of hydrogen-bond donors (Lipinski definition) is 7. The smallest absolute Gasteiger partial charge is 0.435 e. The largest absolute Gasteiger partial charge is 0.435 e. The molecule has 41 heteroatoms. The van der Waals surface area contributed by atoms with E-state index in [4.69, 9.17) is 16.5 Å². The summed E-state index contributed by atoms with van der Waals surface area (Å²) in [6.07, 6.45) is 10.8. The van der Waals surface area contributed by atoms with Crippen molar-refractivity contribution >= 4 is 96.3 Å². The zero-order valence-corrected chi connectivity index (χ0v) is 76.4. The Hall–Kier alpha value is -17.3. The number of pyridine rings is 2. The van der Waals surface area contributed by atoms with E-state index in [0.29, 0.717) is 104 Å². The third kappa shape index (κ3) is 23.6. The lowest BCUT2D eigenvalue weighted by Gasteiger charge is -2.15. The molecule has 20 rings (SSSR count). The van der Waals surface area contributed by atoms with Crippen LogP contribution in [0, 0.1) is 36.8 Å². The Morgan fingerprint density at radius 1 is 0.415 bits per heavy atom. The van der Waals surface area contributed by atoms with E-state index < -0.39 is 42.7 Å². The molecule has 142 heavy (non-hydrogen) atoms. The summed E-state index contributed by atoms with van der Waals surface area (Å²) in [6, 6.07) is 58.2. The number of nitrogens with one attached hydrogen (secondary N) is 5. The third-order valence-electron chi connectivity index (χ3n) is 22.0. The molecule has 29 nitrogen and oxygen atoms in total. The van der Waals surface area contributed by atoms with Gasteiger partial charge in [-0.05, 0) is 222 Å². The van der Waals surface area contributed by atoms with Gasteiger partial charge in [-0.3, -0.25) is 42.6 Å².